The Labute approximate surface area is 165 Å². The van der Waals surface area contributed by atoms with Gasteiger partial charge in [-0.2, -0.15) is 5.10 Å². The summed E-state index contributed by atoms with van der Waals surface area (Å²) in [7, 11) is 2.24. The highest BCUT2D eigenvalue weighted by atomic mass is 16.2. The topological polar surface area (TPSA) is 69.3 Å². The lowest BCUT2D eigenvalue weighted by Crippen LogP contribution is -2.52. The summed E-state index contributed by atoms with van der Waals surface area (Å²) >= 11 is 0. The number of piperidine rings is 1. The molecule has 0 bridgehead atoms. The Hall–Kier alpha value is -2.47. The van der Waals surface area contributed by atoms with Gasteiger partial charge in [-0.1, -0.05) is 30.3 Å². The lowest BCUT2D eigenvalue weighted by molar-refractivity contribution is -0.133. The second kappa shape index (κ2) is 7.87. The number of aryl methyl sites for hydroxylation is 1. The van der Waals surface area contributed by atoms with Gasteiger partial charge in [0.2, 0.25) is 5.91 Å². The van der Waals surface area contributed by atoms with Gasteiger partial charge in [-0.3, -0.25) is 14.5 Å². The number of carbonyl (C=O) groups is 1. The van der Waals surface area contributed by atoms with Gasteiger partial charge in [0.05, 0.1) is 5.69 Å². The zero-order chi connectivity index (χ0) is 19.6. The lowest BCUT2D eigenvalue weighted by atomic mass is 9.81. The summed E-state index contributed by atoms with van der Waals surface area (Å²) in [5, 5.41) is 6.41. The van der Waals surface area contributed by atoms with Crippen LogP contribution < -0.4 is 5.56 Å². The van der Waals surface area contributed by atoms with Crippen LogP contribution in [0.2, 0.25) is 0 Å². The summed E-state index contributed by atoms with van der Waals surface area (Å²) in [6, 6.07) is 13.9. The normalized spacial score (nSPS) is 21.9. The molecule has 1 aromatic carbocycles. The maximum atomic E-state index is 12.6. The average Bonchev–Trinajstić information content (AvgIpc) is 3.04. The SMILES string of the molecule is CN1CC(c2ccccc2)CC12CCN(C(=O)CCc1ccc(=O)[nH]n1)CC2. The predicted octanol–water partition coefficient (Wildman–Crippen LogP) is 2.18. The molecule has 148 valence electrons. The van der Waals surface area contributed by atoms with Crippen molar-refractivity contribution in [1.82, 2.24) is 20.0 Å². The first-order valence-corrected chi connectivity index (χ1v) is 10.1. The van der Waals surface area contributed by atoms with Gasteiger partial charge in [0.1, 0.15) is 0 Å². The van der Waals surface area contributed by atoms with Crippen LogP contribution in [0.5, 0.6) is 0 Å². The number of carbonyl (C=O) groups excluding carboxylic acids is 1. The standard InChI is InChI=1S/C22H28N4O2/c1-25-16-18(17-5-3-2-4-6-17)15-22(25)11-13-26(14-12-22)21(28)10-8-19-7-9-20(27)24-23-19/h2-7,9,18H,8,10-16H2,1H3,(H,24,27). The molecule has 2 aliphatic rings. The Morgan fingerprint density at radius 1 is 1.18 bits per heavy atom. The van der Waals surface area contributed by atoms with Crippen LogP contribution in [-0.4, -0.2) is 58.1 Å². The molecule has 3 heterocycles. The van der Waals surface area contributed by atoms with Crippen LogP contribution in [0.1, 0.15) is 42.9 Å². The number of benzene rings is 1. The summed E-state index contributed by atoms with van der Waals surface area (Å²) in [5.41, 5.74) is 2.18. The van der Waals surface area contributed by atoms with E-state index in [2.05, 4.69) is 52.5 Å². The molecule has 0 saturated carbocycles. The van der Waals surface area contributed by atoms with Gasteiger partial charge in [-0.25, -0.2) is 5.10 Å². The maximum Gasteiger partial charge on any atom is 0.264 e. The molecule has 2 fully saturated rings. The van der Waals surface area contributed by atoms with E-state index in [1.165, 1.54) is 18.1 Å². The molecule has 1 spiro atoms. The summed E-state index contributed by atoms with van der Waals surface area (Å²) in [4.78, 5) is 28.2. The fourth-order valence-electron chi connectivity index (χ4n) is 4.82. The second-order valence-electron chi connectivity index (χ2n) is 8.21. The lowest BCUT2D eigenvalue weighted by Gasteiger charge is -2.43. The number of H-pyrrole nitrogens is 1. The molecule has 0 aliphatic carbocycles. The van der Waals surface area contributed by atoms with Crippen molar-refractivity contribution in [2.45, 2.75) is 43.6 Å². The minimum atomic E-state index is -0.217. The first-order chi connectivity index (χ1) is 13.6. The molecule has 4 rings (SSSR count). The minimum Gasteiger partial charge on any atom is -0.343 e. The molecule has 6 nitrogen and oxygen atoms in total. The summed E-state index contributed by atoms with van der Waals surface area (Å²) in [5.74, 6) is 0.767. The van der Waals surface area contributed by atoms with Crippen molar-refractivity contribution in [2.24, 2.45) is 0 Å². The van der Waals surface area contributed by atoms with Crippen LogP contribution in [0.3, 0.4) is 0 Å². The molecule has 0 radical (unpaired) electrons. The van der Waals surface area contributed by atoms with Crippen molar-refractivity contribution in [2.75, 3.05) is 26.7 Å². The summed E-state index contributed by atoms with van der Waals surface area (Å²) < 4.78 is 0. The molecule has 1 unspecified atom stereocenters. The third-order valence-corrected chi connectivity index (χ3v) is 6.58. The van der Waals surface area contributed by atoms with E-state index in [9.17, 15) is 9.59 Å². The molecule has 6 heteroatoms. The van der Waals surface area contributed by atoms with E-state index in [4.69, 9.17) is 0 Å². The fourth-order valence-corrected chi connectivity index (χ4v) is 4.82. The Morgan fingerprint density at radius 3 is 2.61 bits per heavy atom. The molecule has 1 N–H and O–H groups in total. The molecule has 1 amide bonds. The average molecular weight is 380 g/mol. The Bertz CT molecular complexity index is 851. The van der Waals surface area contributed by atoms with Gasteiger partial charge in [0.15, 0.2) is 0 Å². The number of rotatable bonds is 4. The third kappa shape index (κ3) is 3.87. The largest absolute Gasteiger partial charge is 0.343 e. The van der Waals surface area contributed by atoms with Crippen LogP contribution in [0.15, 0.2) is 47.3 Å². The van der Waals surface area contributed by atoms with Gasteiger partial charge in [-0.15, -0.1) is 0 Å². The number of nitrogens with one attached hydrogen (secondary N) is 1. The van der Waals surface area contributed by atoms with Gasteiger partial charge in [0, 0.05) is 44.1 Å². The highest BCUT2D eigenvalue weighted by Gasteiger charge is 2.46. The van der Waals surface area contributed by atoms with Crippen molar-refractivity contribution in [3.05, 3.63) is 64.1 Å². The van der Waals surface area contributed by atoms with E-state index in [0.29, 0.717) is 18.8 Å². The van der Waals surface area contributed by atoms with Crippen LogP contribution in [0.4, 0.5) is 0 Å². The van der Waals surface area contributed by atoms with Gasteiger partial charge in [-0.05, 0) is 43.9 Å². The molecular formula is C22H28N4O2. The number of nitrogens with zero attached hydrogens (tertiary/aromatic N) is 3. The third-order valence-electron chi connectivity index (χ3n) is 6.58. The first-order valence-electron chi connectivity index (χ1n) is 10.1. The van der Waals surface area contributed by atoms with E-state index < -0.39 is 0 Å². The van der Waals surface area contributed by atoms with E-state index in [1.807, 2.05) is 4.90 Å². The maximum absolute atomic E-state index is 12.6. The summed E-state index contributed by atoms with van der Waals surface area (Å²) in [6.45, 7) is 2.74. The van der Waals surface area contributed by atoms with Crippen LogP contribution in [-0.2, 0) is 11.2 Å². The van der Waals surface area contributed by atoms with E-state index in [1.54, 1.807) is 6.07 Å². The molecule has 28 heavy (non-hydrogen) atoms. The van der Waals surface area contributed by atoms with E-state index in [0.717, 1.165) is 38.2 Å². The first kappa shape index (κ1) is 18.9. The molecule has 1 atom stereocenters. The molecule has 2 aromatic rings. The number of aromatic nitrogens is 2. The molecule has 2 aliphatic heterocycles. The Kier molecular flexibility index (Phi) is 5.31. The van der Waals surface area contributed by atoms with Crippen molar-refractivity contribution in [1.29, 1.82) is 0 Å². The van der Waals surface area contributed by atoms with Crippen molar-refractivity contribution in [3.63, 3.8) is 0 Å². The quantitative estimate of drug-likeness (QED) is 0.883. The highest BCUT2D eigenvalue weighted by Crippen LogP contribution is 2.43. The summed E-state index contributed by atoms with van der Waals surface area (Å²) in [6.07, 6.45) is 4.25. The van der Waals surface area contributed by atoms with Crippen molar-refractivity contribution in [3.8, 4) is 0 Å². The minimum absolute atomic E-state index is 0.183. The predicted molar refractivity (Wildman–Crippen MR) is 108 cm³/mol. The Morgan fingerprint density at radius 2 is 1.93 bits per heavy atom. The zero-order valence-corrected chi connectivity index (χ0v) is 16.4. The van der Waals surface area contributed by atoms with Crippen LogP contribution in [0.25, 0.3) is 0 Å². The zero-order valence-electron chi connectivity index (χ0n) is 16.4. The smallest absolute Gasteiger partial charge is 0.264 e. The number of hydrogen-bond acceptors (Lipinski definition) is 4. The van der Waals surface area contributed by atoms with Gasteiger partial charge in [0.25, 0.3) is 5.56 Å². The highest BCUT2D eigenvalue weighted by molar-refractivity contribution is 5.76. The molecule has 2 saturated heterocycles. The second-order valence-corrected chi connectivity index (χ2v) is 8.21. The Balaban J connectivity index is 1.32. The fraction of sp³-hybridized carbons (Fsp3) is 0.500. The van der Waals surface area contributed by atoms with Gasteiger partial charge >= 0.3 is 0 Å². The monoisotopic (exact) mass is 380 g/mol. The van der Waals surface area contributed by atoms with E-state index >= 15 is 0 Å². The number of aromatic amines is 1. The molecule has 1 aromatic heterocycles. The number of likely N-dealkylation sites (tertiary alicyclic amines) is 2. The number of likely N-dealkylation sites (N-methyl/N-ethyl adjacent to an activating group) is 1. The number of hydrogen-bond donors (Lipinski definition) is 1. The van der Waals surface area contributed by atoms with Crippen LogP contribution in [0, 0.1) is 0 Å². The van der Waals surface area contributed by atoms with Crippen molar-refractivity contribution < 1.29 is 4.79 Å². The van der Waals surface area contributed by atoms with Crippen molar-refractivity contribution >= 4 is 5.91 Å². The molecular weight excluding hydrogens is 352 g/mol. The van der Waals surface area contributed by atoms with Gasteiger partial charge < -0.3 is 4.90 Å². The van der Waals surface area contributed by atoms with E-state index in [-0.39, 0.29) is 17.0 Å². The van der Waals surface area contributed by atoms with Crippen LogP contribution >= 0.6 is 0 Å². The number of amides is 1.